The van der Waals surface area contributed by atoms with Gasteiger partial charge in [0.1, 0.15) is 6.04 Å². The van der Waals surface area contributed by atoms with Crippen molar-refractivity contribution in [1.29, 1.82) is 0 Å². The molecule has 1 heterocycles. The van der Waals surface area contributed by atoms with Crippen LogP contribution in [0.15, 0.2) is 0 Å². The summed E-state index contributed by atoms with van der Waals surface area (Å²) in [5.74, 6) is -0.120. The minimum absolute atomic E-state index is 0.0300. The molecule has 104 valence electrons. The molecule has 0 aromatic carbocycles. The van der Waals surface area contributed by atoms with Crippen molar-refractivity contribution < 1.29 is 19.1 Å². The molecule has 1 fully saturated rings. The van der Waals surface area contributed by atoms with Gasteiger partial charge in [-0.3, -0.25) is 0 Å². The van der Waals surface area contributed by atoms with Gasteiger partial charge >= 0.3 is 12.0 Å². The second kappa shape index (κ2) is 7.20. The van der Waals surface area contributed by atoms with Crippen LogP contribution in [0.3, 0.4) is 0 Å². The van der Waals surface area contributed by atoms with Crippen LogP contribution in [-0.2, 0) is 14.3 Å². The molecule has 0 aliphatic carbocycles. The average molecular weight is 258 g/mol. The zero-order valence-corrected chi connectivity index (χ0v) is 11.2. The highest BCUT2D eigenvalue weighted by atomic mass is 16.5. The number of carbonyl (C=O) groups excluding carboxylic acids is 2. The van der Waals surface area contributed by atoms with Gasteiger partial charge in [-0.15, -0.1) is 0 Å². The van der Waals surface area contributed by atoms with Crippen molar-refractivity contribution in [3.63, 3.8) is 0 Å². The predicted molar refractivity (Wildman–Crippen MR) is 66.2 cm³/mol. The van der Waals surface area contributed by atoms with Crippen molar-refractivity contribution in [2.75, 3.05) is 20.3 Å². The predicted octanol–water partition coefficient (Wildman–Crippen LogP) is 0.662. The van der Waals surface area contributed by atoms with E-state index in [2.05, 4.69) is 15.4 Å². The summed E-state index contributed by atoms with van der Waals surface area (Å²) in [6.45, 7) is 5.17. The monoisotopic (exact) mass is 258 g/mol. The molecule has 0 bridgehead atoms. The average Bonchev–Trinajstić information content (AvgIpc) is 2.79. The Kier molecular flexibility index (Phi) is 5.91. The lowest BCUT2D eigenvalue weighted by Gasteiger charge is -2.20. The lowest BCUT2D eigenvalue weighted by molar-refractivity contribution is -0.143. The van der Waals surface area contributed by atoms with E-state index in [0.717, 1.165) is 6.42 Å². The second-order valence-corrected chi connectivity index (χ2v) is 4.88. The molecule has 0 saturated carbocycles. The van der Waals surface area contributed by atoms with E-state index >= 15 is 0 Å². The van der Waals surface area contributed by atoms with Crippen LogP contribution in [0.25, 0.3) is 0 Å². The van der Waals surface area contributed by atoms with Gasteiger partial charge in [0.15, 0.2) is 0 Å². The van der Waals surface area contributed by atoms with Crippen molar-refractivity contribution in [2.45, 2.75) is 38.8 Å². The Morgan fingerprint density at radius 2 is 2.17 bits per heavy atom. The number of nitrogens with one attached hydrogen (secondary N) is 2. The number of esters is 1. The maximum Gasteiger partial charge on any atom is 0.328 e. The van der Waals surface area contributed by atoms with Crippen molar-refractivity contribution in [2.24, 2.45) is 5.92 Å². The fourth-order valence-electron chi connectivity index (χ4n) is 1.86. The fraction of sp³-hybridized carbons (Fsp3) is 0.833. The van der Waals surface area contributed by atoms with Crippen molar-refractivity contribution >= 4 is 12.0 Å². The van der Waals surface area contributed by atoms with Crippen LogP contribution in [0, 0.1) is 5.92 Å². The highest BCUT2D eigenvalue weighted by Gasteiger charge is 2.24. The first-order valence-corrected chi connectivity index (χ1v) is 6.25. The molecule has 1 aliphatic rings. The number of methoxy groups -OCH3 is 1. The van der Waals surface area contributed by atoms with Gasteiger partial charge < -0.3 is 20.1 Å². The molecule has 0 aromatic heterocycles. The van der Waals surface area contributed by atoms with E-state index in [0.29, 0.717) is 25.6 Å². The molecule has 1 aliphatic heterocycles. The Hall–Kier alpha value is -1.30. The quantitative estimate of drug-likeness (QED) is 0.710. The Morgan fingerprint density at radius 3 is 2.67 bits per heavy atom. The molecule has 2 amide bonds. The topological polar surface area (TPSA) is 76.7 Å². The molecule has 6 nitrogen and oxygen atoms in total. The number of urea groups is 1. The van der Waals surface area contributed by atoms with Gasteiger partial charge in [0.05, 0.1) is 19.8 Å². The lowest BCUT2D eigenvalue weighted by Crippen LogP contribution is -2.49. The van der Waals surface area contributed by atoms with Crippen LogP contribution in [0.2, 0.25) is 0 Å². The largest absolute Gasteiger partial charge is 0.467 e. The van der Waals surface area contributed by atoms with E-state index in [1.807, 2.05) is 13.8 Å². The van der Waals surface area contributed by atoms with Gasteiger partial charge in [0.2, 0.25) is 0 Å². The minimum Gasteiger partial charge on any atom is -0.467 e. The Labute approximate surface area is 107 Å². The summed E-state index contributed by atoms with van der Waals surface area (Å²) < 4.78 is 9.84. The highest BCUT2D eigenvalue weighted by molar-refractivity contribution is 5.83. The maximum atomic E-state index is 11.7. The summed E-state index contributed by atoms with van der Waals surface area (Å²) in [6.07, 6.45) is 1.36. The third kappa shape index (κ3) is 4.91. The third-order valence-corrected chi connectivity index (χ3v) is 2.76. The number of hydrogen-bond donors (Lipinski definition) is 2. The summed E-state index contributed by atoms with van der Waals surface area (Å²) in [6, 6.07) is -0.916. The van der Waals surface area contributed by atoms with Gasteiger partial charge in [0, 0.05) is 6.61 Å². The Bertz CT molecular complexity index is 288. The molecule has 0 radical (unpaired) electrons. The van der Waals surface area contributed by atoms with E-state index in [4.69, 9.17) is 4.74 Å². The first-order chi connectivity index (χ1) is 8.52. The number of carbonyl (C=O) groups is 2. The molecule has 6 heteroatoms. The zero-order chi connectivity index (χ0) is 13.5. The fourth-order valence-corrected chi connectivity index (χ4v) is 1.86. The molecule has 2 unspecified atom stereocenters. The third-order valence-electron chi connectivity index (χ3n) is 2.76. The van der Waals surface area contributed by atoms with Crippen LogP contribution >= 0.6 is 0 Å². The van der Waals surface area contributed by atoms with Crippen LogP contribution in [-0.4, -0.2) is 44.4 Å². The molecule has 1 saturated heterocycles. The van der Waals surface area contributed by atoms with E-state index in [9.17, 15) is 9.59 Å². The normalized spacial score (nSPS) is 20.6. The molecule has 2 atom stereocenters. The maximum absolute atomic E-state index is 11.7. The minimum atomic E-state index is -0.600. The van der Waals surface area contributed by atoms with E-state index in [1.54, 1.807) is 0 Å². The molecule has 0 aromatic rings. The Morgan fingerprint density at radius 1 is 1.44 bits per heavy atom. The van der Waals surface area contributed by atoms with Crippen LogP contribution in [0.4, 0.5) is 4.79 Å². The summed E-state index contributed by atoms with van der Waals surface area (Å²) >= 11 is 0. The number of ether oxygens (including phenoxy) is 2. The van der Waals surface area contributed by atoms with E-state index in [1.165, 1.54) is 7.11 Å². The van der Waals surface area contributed by atoms with E-state index in [-0.39, 0.29) is 12.1 Å². The summed E-state index contributed by atoms with van der Waals surface area (Å²) in [5.41, 5.74) is 0. The van der Waals surface area contributed by atoms with Gasteiger partial charge in [-0.05, 0) is 18.8 Å². The lowest BCUT2D eigenvalue weighted by atomic mass is 10.0. The van der Waals surface area contributed by atoms with Crippen LogP contribution in [0.1, 0.15) is 26.7 Å². The number of rotatable bonds is 5. The Balaban J connectivity index is 2.42. The standard InChI is InChI=1S/C12H22N2O4/c1-8(2)6-10(11(15)17-3)14-12(16)13-9-4-5-18-7-9/h8-10H,4-7H2,1-3H3,(H2,13,14,16). The molecule has 0 spiro atoms. The summed E-state index contributed by atoms with van der Waals surface area (Å²) in [7, 11) is 1.32. The smallest absolute Gasteiger partial charge is 0.328 e. The molecule has 18 heavy (non-hydrogen) atoms. The highest BCUT2D eigenvalue weighted by Crippen LogP contribution is 2.07. The molecular weight excluding hydrogens is 236 g/mol. The van der Waals surface area contributed by atoms with Gasteiger partial charge in [0.25, 0.3) is 0 Å². The summed E-state index contributed by atoms with van der Waals surface area (Å²) in [5, 5.41) is 5.42. The number of amides is 2. The van der Waals surface area contributed by atoms with Gasteiger partial charge in [-0.2, -0.15) is 0 Å². The second-order valence-electron chi connectivity index (χ2n) is 4.88. The first-order valence-electron chi connectivity index (χ1n) is 6.25. The number of hydrogen-bond acceptors (Lipinski definition) is 4. The van der Waals surface area contributed by atoms with Gasteiger partial charge in [-0.25, -0.2) is 9.59 Å². The van der Waals surface area contributed by atoms with Crippen LogP contribution < -0.4 is 10.6 Å². The zero-order valence-electron chi connectivity index (χ0n) is 11.2. The molecule has 1 rings (SSSR count). The molecule has 2 N–H and O–H groups in total. The first kappa shape index (κ1) is 14.8. The van der Waals surface area contributed by atoms with Crippen molar-refractivity contribution in [1.82, 2.24) is 10.6 Å². The van der Waals surface area contributed by atoms with Crippen LogP contribution in [0.5, 0.6) is 0 Å². The summed E-state index contributed by atoms with van der Waals surface area (Å²) in [4.78, 5) is 23.3. The molecular formula is C12H22N2O4. The SMILES string of the molecule is COC(=O)C(CC(C)C)NC(=O)NC1CCOC1. The van der Waals surface area contributed by atoms with Gasteiger partial charge in [-0.1, -0.05) is 13.8 Å². The van der Waals surface area contributed by atoms with Crippen molar-refractivity contribution in [3.8, 4) is 0 Å². The van der Waals surface area contributed by atoms with Crippen molar-refractivity contribution in [3.05, 3.63) is 0 Å². The van der Waals surface area contributed by atoms with E-state index < -0.39 is 12.0 Å².